The van der Waals surface area contributed by atoms with Crippen molar-refractivity contribution >= 4 is 61.8 Å². The Morgan fingerprint density at radius 3 is 1.46 bits per heavy atom. The summed E-state index contributed by atoms with van der Waals surface area (Å²) in [4.78, 5) is 50.4. The molecule has 11 heteroatoms. The third-order valence-electron chi connectivity index (χ3n) is 32.1. The fraction of sp³-hybridized carbons (Fsp3) is 0.670. The second-order valence-electron chi connectivity index (χ2n) is 36.4. The highest BCUT2D eigenvalue weighted by Gasteiger charge is 2.73. The Hall–Kier alpha value is -5.13. The van der Waals surface area contributed by atoms with Crippen molar-refractivity contribution in [3.05, 3.63) is 129 Å². The van der Waals surface area contributed by atoms with Gasteiger partial charge in [-0.15, -0.1) is 22.7 Å². The Kier molecular flexibility index (Phi) is 18.9. The fourth-order valence-corrected chi connectivity index (χ4v) is 28.9. The fourth-order valence-electron chi connectivity index (χ4n) is 27.0. The predicted molar refractivity (Wildman–Crippen MR) is 410 cm³/mol. The molecule has 8 fully saturated rings. The summed E-state index contributed by atoms with van der Waals surface area (Å²) in [7, 11) is 2.89. The molecule has 536 valence electrons. The Labute approximate surface area is 604 Å². The normalized spacial score (nSPS) is 38.8. The molecule has 2 heterocycles. The lowest BCUT2D eigenvalue weighted by molar-refractivity contribution is -0.217. The number of aromatic nitrogens is 2. The molecule has 0 bridgehead atoms. The van der Waals surface area contributed by atoms with E-state index in [0.717, 1.165) is 60.9 Å². The van der Waals surface area contributed by atoms with E-state index in [-0.39, 0.29) is 55.5 Å². The van der Waals surface area contributed by atoms with Crippen LogP contribution in [0.25, 0.3) is 11.1 Å². The van der Waals surface area contributed by atoms with Crippen molar-refractivity contribution in [2.75, 3.05) is 31.0 Å². The van der Waals surface area contributed by atoms with Gasteiger partial charge in [-0.05, 0) is 291 Å². The quantitative estimate of drug-likeness (QED) is 0.0919. The minimum Gasteiger partial charge on any atom is -0.465 e. The summed E-state index contributed by atoms with van der Waals surface area (Å²) in [5.74, 6) is 5.82. The smallest absolute Gasteiger partial charge is 0.337 e. The number of benzene rings is 2. The van der Waals surface area contributed by atoms with Gasteiger partial charge in [0.2, 0.25) is 0 Å². The second kappa shape index (κ2) is 25.9. The van der Waals surface area contributed by atoms with E-state index in [0.29, 0.717) is 99.9 Å². The number of esters is 2. The molecule has 10 aliphatic rings. The summed E-state index contributed by atoms with van der Waals surface area (Å²) < 4.78 is 9.94. The summed E-state index contributed by atoms with van der Waals surface area (Å²) in [5.41, 5.74) is 13.4. The Bertz CT molecular complexity index is 3830. The lowest BCUT2D eigenvalue weighted by Crippen LogP contribution is -2.68. The standard InChI is InChI=1S/C46H64N2O3S.C42H58N2O2S/c1-11-32-28-52-41(47-32)48(27-33(49)12-2)46-24-19-34(29(3)4)39(46)36-17-18-38-43(7)22-20-35(30-13-15-31(16-14-30)40(50)51-10)42(5,6)37(43)21-23-45(38,9)44(36,8)25-26-46;1-10-29-25-47-37(43-29)44-42-22-17-30(26(2)3)35(42)32-15-16-34-39(6)20-18-31(27-11-13-28(14-12-27)36(45)46-9)38(4,5)33(39)19-21-41(34,8)40(32,7)23-24-42/h13-16,20,28,34,36-39H,3,11-12,17-19,21-27H2,1-2,4-10H3;11-14,18,25,30,32-35H,2,10,15-17,19-24H2,1,3-9H3,(H,43,44)/t34-,36+,37-,38+,39+,43-,44+,45+,46-;30-,32+,33-,34+,35+,39-,40+,41+,42-/m00/s1. The number of hydrogen-bond donors (Lipinski definition) is 1. The van der Waals surface area contributed by atoms with E-state index in [1.165, 1.54) is 137 Å². The summed E-state index contributed by atoms with van der Waals surface area (Å²) in [6, 6.07) is 16.2. The lowest BCUT2D eigenvalue weighted by atomic mass is 9.33. The van der Waals surface area contributed by atoms with Crippen molar-refractivity contribution in [2.24, 2.45) is 102 Å². The minimum atomic E-state index is -0.283. The zero-order valence-electron chi connectivity index (χ0n) is 63.9. The number of aryl methyl sites for hydroxylation is 2. The third kappa shape index (κ3) is 11.0. The maximum atomic E-state index is 13.4. The molecule has 2 aromatic heterocycles. The topological polar surface area (TPSA) is 111 Å². The second-order valence-corrected chi connectivity index (χ2v) is 38.1. The zero-order valence-corrected chi connectivity index (χ0v) is 65.5. The van der Waals surface area contributed by atoms with Gasteiger partial charge in [-0.2, -0.15) is 0 Å². The molecule has 1 N–H and O–H groups in total. The number of carbonyl (C=O) groups excluding carboxylic acids is 3. The van der Waals surface area contributed by atoms with Gasteiger partial charge in [0, 0.05) is 28.3 Å². The first-order chi connectivity index (χ1) is 46.8. The van der Waals surface area contributed by atoms with Crippen molar-refractivity contribution in [3.8, 4) is 0 Å². The number of methoxy groups -OCH3 is 2. The van der Waals surface area contributed by atoms with Gasteiger partial charge in [-0.3, -0.25) is 4.79 Å². The van der Waals surface area contributed by atoms with Crippen LogP contribution in [-0.4, -0.2) is 59.5 Å². The third-order valence-corrected chi connectivity index (χ3v) is 33.9. The molecule has 0 amide bonds. The van der Waals surface area contributed by atoms with Crippen LogP contribution < -0.4 is 10.2 Å². The molecule has 0 radical (unpaired) electrons. The number of nitrogens with one attached hydrogen (secondary N) is 1. The van der Waals surface area contributed by atoms with Crippen LogP contribution in [0.15, 0.2) is 95.7 Å². The number of anilines is 2. The molecule has 0 aliphatic heterocycles. The Balaban J connectivity index is 0.000000179. The van der Waals surface area contributed by atoms with E-state index < -0.39 is 0 Å². The van der Waals surface area contributed by atoms with Gasteiger partial charge in [0.15, 0.2) is 16.0 Å². The molecule has 9 nitrogen and oxygen atoms in total. The van der Waals surface area contributed by atoms with E-state index in [1.54, 1.807) is 11.3 Å². The molecule has 10 aliphatic carbocycles. The summed E-state index contributed by atoms with van der Waals surface area (Å²) in [6.07, 6.45) is 29.9. The molecule has 99 heavy (non-hydrogen) atoms. The molecule has 14 rings (SSSR count). The van der Waals surface area contributed by atoms with Crippen molar-refractivity contribution < 1.29 is 23.9 Å². The molecule has 18 atom stereocenters. The minimum absolute atomic E-state index is 0.0223. The van der Waals surface area contributed by atoms with Crippen molar-refractivity contribution in [2.45, 2.75) is 250 Å². The number of thiazole rings is 2. The Morgan fingerprint density at radius 2 is 1.00 bits per heavy atom. The summed E-state index contributed by atoms with van der Waals surface area (Å²) in [6.45, 7) is 47.0. The van der Waals surface area contributed by atoms with Crippen LogP contribution in [0.2, 0.25) is 0 Å². The van der Waals surface area contributed by atoms with Gasteiger partial charge in [-0.25, -0.2) is 19.6 Å². The van der Waals surface area contributed by atoms with Crippen LogP contribution in [-0.2, 0) is 27.1 Å². The van der Waals surface area contributed by atoms with Gasteiger partial charge in [0.25, 0.3) is 0 Å². The predicted octanol–water partition coefficient (Wildman–Crippen LogP) is 22.4. The maximum absolute atomic E-state index is 13.4. The highest BCUT2D eigenvalue weighted by molar-refractivity contribution is 7.14. The first kappa shape index (κ1) is 72.2. The summed E-state index contributed by atoms with van der Waals surface area (Å²) in [5, 5.41) is 10.8. The van der Waals surface area contributed by atoms with E-state index in [1.807, 2.05) is 42.5 Å². The highest BCUT2D eigenvalue weighted by Crippen LogP contribution is 2.80. The van der Waals surface area contributed by atoms with Gasteiger partial charge in [-0.1, -0.05) is 151 Å². The number of carbonyl (C=O) groups is 3. The van der Waals surface area contributed by atoms with E-state index in [4.69, 9.17) is 19.4 Å². The largest absolute Gasteiger partial charge is 0.465 e. The van der Waals surface area contributed by atoms with E-state index in [9.17, 15) is 14.4 Å². The van der Waals surface area contributed by atoms with Crippen molar-refractivity contribution in [3.63, 3.8) is 0 Å². The van der Waals surface area contributed by atoms with Crippen LogP contribution in [0.5, 0.6) is 0 Å². The number of fused-ring (bicyclic) bond motifs is 14. The number of ether oxygens (including phenoxy) is 2. The lowest BCUT2D eigenvalue weighted by Gasteiger charge is -2.73. The van der Waals surface area contributed by atoms with Gasteiger partial charge in [0.05, 0.1) is 43.3 Å². The van der Waals surface area contributed by atoms with Gasteiger partial charge < -0.3 is 19.7 Å². The van der Waals surface area contributed by atoms with Gasteiger partial charge in [0.1, 0.15) is 0 Å². The first-order valence-corrected chi connectivity index (χ1v) is 40.7. The SMILES string of the molecule is C=C(C)[C@@H]1CC[C@]2(N(CC(=O)CC)c3nc(CC)cs3)CC[C@]3(C)[C@H](CC[C@@H]4[C@@]5(C)CC=C(c6ccc(C(=O)OC)cc6)C(C)(C)[C@@H]5CC[C@]43C)[C@@H]12.C=C(C)[C@@H]1CC[C@]2(Nc3nc(CC)cs3)CC[C@]3(C)[C@H](CC[C@@H]4[C@@]5(C)CC=C(c6ccc(C(=O)OC)cc6)C(C)(C)[C@@H]5CC[C@]43C)[C@@H]12. The van der Waals surface area contributed by atoms with E-state index in [2.05, 4.69) is 167 Å². The van der Waals surface area contributed by atoms with Crippen LogP contribution in [0.4, 0.5) is 10.3 Å². The molecule has 2 aromatic carbocycles. The van der Waals surface area contributed by atoms with Gasteiger partial charge >= 0.3 is 11.9 Å². The summed E-state index contributed by atoms with van der Waals surface area (Å²) >= 11 is 3.56. The molecular weight excluding hydrogens is 1260 g/mol. The number of rotatable bonds is 15. The average Bonchev–Trinajstić information content (AvgIpc) is 1.62. The molecular formula is C88H122N4O5S2. The van der Waals surface area contributed by atoms with Crippen molar-refractivity contribution in [1.29, 1.82) is 0 Å². The van der Waals surface area contributed by atoms with E-state index >= 15 is 0 Å². The van der Waals surface area contributed by atoms with Crippen LogP contribution in [0.3, 0.4) is 0 Å². The molecule has 8 saturated carbocycles. The first-order valence-electron chi connectivity index (χ1n) is 38.9. The maximum Gasteiger partial charge on any atom is 0.337 e. The van der Waals surface area contributed by atoms with Crippen molar-refractivity contribution in [1.82, 2.24) is 9.97 Å². The molecule has 0 saturated heterocycles. The van der Waals surface area contributed by atoms with Crippen LogP contribution >= 0.6 is 22.7 Å². The molecule has 4 aromatic rings. The number of Topliss-reactive ketones (excluding diaryl/α,β-unsaturated/α-hetero) is 1. The molecule has 0 unspecified atom stereocenters. The highest BCUT2D eigenvalue weighted by atomic mass is 32.1. The number of ketones is 1. The average molecular weight is 1380 g/mol. The Morgan fingerprint density at radius 1 is 0.535 bits per heavy atom. The zero-order chi connectivity index (χ0) is 71.0. The van der Waals surface area contributed by atoms with Crippen LogP contribution in [0, 0.1) is 102 Å². The monoisotopic (exact) mass is 1380 g/mol. The molecule has 0 spiro atoms. The number of nitrogens with zero attached hydrogens (tertiary/aromatic N) is 3. The van der Waals surface area contributed by atoms with Crippen LogP contribution in [0.1, 0.15) is 269 Å². The number of hydrogen-bond acceptors (Lipinski definition) is 11. The number of allylic oxidation sites excluding steroid dienone is 6.